The van der Waals surface area contributed by atoms with Gasteiger partial charge in [0.1, 0.15) is 11.3 Å². The highest BCUT2D eigenvalue weighted by atomic mass is 19.1. The fourth-order valence-electron chi connectivity index (χ4n) is 1.79. The lowest BCUT2D eigenvalue weighted by Crippen LogP contribution is -2.05. The summed E-state index contributed by atoms with van der Waals surface area (Å²) in [5.41, 5.74) is 6.27. The third-order valence-corrected chi connectivity index (χ3v) is 2.73. The second kappa shape index (κ2) is 4.31. The number of hydrogen-bond acceptors (Lipinski definition) is 2. The number of hydrogen-bond donors (Lipinski definition) is 1. The lowest BCUT2D eigenvalue weighted by Gasteiger charge is -2.08. The van der Waals surface area contributed by atoms with E-state index in [-0.39, 0.29) is 11.5 Å². The van der Waals surface area contributed by atoms with Crippen LogP contribution < -0.4 is 5.73 Å². The van der Waals surface area contributed by atoms with E-state index in [1.807, 2.05) is 0 Å². The monoisotopic (exact) mass is 239 g/mol. The number of aryl methyl sites for hydroxylation is 1. The Bertz CT molecular complexity index is 546. The van der Waals surface area contributed by atoms with Crippen LogP contribution in [0.15, 0.2) is 12.1 Å². The van der Waals surface area contributed by atoms with Crippen LogP contribution in [0.25, 0.3) is 11.0 Å². The highest BCUT2D eigenvalue weighted by Crippen LogP contribution is 2.23. The zero-order valence-electron chi connectivity index (χ0n) is 9.87. The van der Waals surface area contributed by atoms with Crippen LogP contribution in [0, 0.1) is 17.6 Å². The van der Waals surface area contributed by atoms with Crippen molar-refractivity contribution in [2.24, 2.45) is 5.92 Å². The Balaban J connectivity index is 2.50. The molecule has 0 saturated heterocycles. The minimum atomic E-state index is -0.671. The average molecular weight is 239 g/mol. The summed E-state index contributed by atoms with van der Waals surface area (Å²) < 4.78 is 28.3. The van der Waals surface area contributed by atoms with Gasteiger partial charge in [-0.25, -0.2) is 13.8 Å². The second-order valence-electron chi connectivity index (χ2n) is 4.56. The summed E-state index contributed by atoms with van der Waals surface area (Å²) in [5.74, 6) is -0.564. The van der Waals surface area contributed by atoms with Gasteiger partial charge < -0.3 is 10.3 Å². The Morgan fingerprint density at radius 3 is 2.71 bits per heavy atom. The van der Waals surface area contributed by atoms with Crippen LogP contribution in [0.1, 0.15) is 20.3 Å². The average Bonchev–Trinajstić information content (AvgIpc) is 2.52. The van der Waals surface area contributed by atoms with E-state index in [1.54, 1.807) is 4.57 Å². The number of imidazole rings is 1. The number of nitrogens with two attached hydrogens (primary N) is 1. The van der Waals surface area contributed by atoms with Crippen molar-refractivity contribution in [1.82, 2.24) is 9.55 Å². The first-order valence-corrected chi connectivity index (χ1v) is 5.59. The van der Waals surface area contributed by atoms with Crippen LogP contribution in [0.2, 0.25) is 0 Å². The molecule has 0 amide bonds. The fourth-order valence-corrected chi connectivity index (χ4v) is 1.79. The molecule has 0 atom stereocenters. The van der Waals surface area contributed by atoms with Crippen molar-refractivity contribution in [3.05, 3.63) is 23.8 Å². The highest BCUT2D eigenvalue weighted by molar-refractivity contribution is 5.79. The molecule has 2 aromatic rings. The number of benzene rings is 1. The minimum Gasteiger partial charge on any atom is -0.369 e. The summed E-state index contributed by atoms with van der Waals surface area (Å²) in [4.78, 5) is 3.93. The Morgan fingerprint density at radius 1 is 1.35 bits per heavy atom. The van der Waals surface area contributed by atoms with Crippen LogP contribution in [-0.2, 0) is 6.54 Å². The van der Waals surface area contributed by atoms with Gasteiger partial charge in [-0.2, -0.15) is 0 Å². The molecule has 17 heavy (non-hydrogen) atoms. The van der Waals surface area contributed by atoms with Gasteiger partial charge in [0.05, 0.1) is 5.52 Å². The topological polar surface area (TPSA) is 43.8 Å². The summed E-state index contributed by atoms with van der Waals surface area (Å²) in [6, 6.07) is 2.09. The minimum absolute atomic E-state index is 0.132. The Morgan fingerprint density at radius 2 is 2.06 bits per heavy atom. The molecule has 0 fully saturated rings. The van der Waals surface area contributed by atoms with Crippen LogP contribution in [0.4, 0.5) is 14.7 Å². The van der Waals surface area contributed by atoms with E-state index in [9.17, 15) is 8.78 Å². The molecule has 0 radical (unpaired) electrons. The van der Waals surface area contributed by atoms with E-state index in [0.29, 0.717) is 18.0 Å². The number of nitrogens with zero attached hydrogens (tertiary/aromatic N) is 2. The third kappa shape index (κ3) is 2.23. The van der Waals surface area contributed by atoms with E-state index in [1.165, 1.54) is 6.07 Å². The molecule has 0 saturated carbocycles. The first kappa shape index (κ1) is 11.8. The smallest absolute Gasteiger partial charge is 0.201 e. The van der Waals surface area contributed by atoms with Crippen molar-refractivity contribution < 1.29 is 8.78 Å². The van der Waals surface area contributed by atoms with Gasteiger partial charge in [0.2, 0.25) is 5.95 Å². The van der Waals surface area contributed by atoms with Crippen LogP contribution in [-0.4, -0.2) is 9.55 Å². The number of anilines is 1. The highest BCUT2D eigenvalue weighted by Gasteiger charge is 2.13. The molecule has 1 aromatic heterocycles. The second-order valence-corrected chi connectivity index (χ2v) is 4.56. The van der Waals surface area contributed by atoms with Crippen molar-refractivity contribution in [2.75, 3.05) is 5.73 Å². The van der Waals surface area contributed by atoms with Crippen molar-refractivity contribution in [2.45, 2.75) is 26.8 Å². The summed E-state index contributed by atoms with van der Waals surface area (Å²) in [5, 5.41) is 0. The van der Waals surface area contributed by atoms with Crippen LogP contribution >= 0.6 is 0 Å². The number of fused-ring (bicyclic) bond motifs is 1. The number of rotatable bonds is 3. The van der Waals surface area contributed by atoms with E-state index < -0.39 is 11.6 Å². The summed E-state index contributed by atoms with van der Waals surface area (Å²) in [6.07, 6.45) is 0.883. The SMILES string of the molecule is CC(C)CCn1c(N)nc2c(F)cc(F)cc21. The maximum absolute atomic E-state index is 13.5. The van der Waals surface area contributed by atoms with Gasteiger partial charge in [-0.1, -0.05) is 13.8 Å². The van der Waals surface area contributed by atoms with E-state index in [4.69, 9.17) is 5.73 Å². The summed E-state index contributed by atoms with van der Waals surface area (Å²) >= 11 is 0. The fraction of sp³-hybridized carbons (Fsp3) is 0.417. The van der Waals surface area contributed by atoms with Crippen LogP contribution in [0.5, 0.6) is 0 Å². The maximum atomic E-state index is 13.5. The Hall–Kier alpha value is -1.65. The van der Waals surface area contributed by atoms with Gasteiger partial charge in [-0.05, 0) is 12.3 Å². The molecule has 0 unspecified atom stereocenters. The number of aromatic nitrogens is 2. The van der Waals surface area contributed by atoms with Gasteiger partial charge in [-0.15, -0.1) is 0 Å². The largest absolute Gasteiger partial charge is 0.369 e. The lowest BCUT2D eigenvalue weighted by molar-refractivity contribution is 0.525. The van der Waals surface area contributed by atoms with Gasteiger partial charge >= 0.3 is 0 Å². The molecule has 3 nitrogen and oxygen atoms in total. The van der Waals surface area contributed by atoms with E-state index in [0.717, 1.165) is 12.5 Å². The molecule has 5 heteroatoms. The molecule has 0 aliphatic carbocycles. The van der Waals surface area contributed by atoms with Crippen molar-refractivity contribution in [3.8, 4) is 0 Å². The standard InChI is InChI=1S/C12H15F2N3/c1-7(2)3-4-17-10-6-8(13)5-9(14)11(10)16-12(17)15/h5-7H,3-4H2,1-2H3,(H2,15,16). The molecule has 1 heterocycles. The molecule has 2 N–H and O–H groups in total. The number of nitrogen functional groups attached to an aromatic ring is 1. The van der Waals surface area contributed by atoms with E-state index >= 15 is 0 Å². The van der Waals surface area contributed by atoms with Crippen LogP contribution in [0.3, 0.4) is 0 Å². The van der Waals surface area contributed by atoms with Crippen molar-refractivity contribution in [1.29, 1.82) is 0 Å². The van der Waals surface area contributed by atoms with E-state index in [2.05, 4.69) is 18.8 Å². The predicted molar refractivity (Wildman–Crippen MR) is 63.5 cm³/mol. The van der Waals surface area contributed by atoms with Crippen molar-refractivity contribution >= 4 is 17.0 Å². The van der Waals surface area contributed by atoms with Gasteiger partial charge in [0.25, 0.3) is 0 Å². The summed E-state index contributed by atoms with van der Waals surface area (Å²) in [6.45, 7) is 4.77. The molecule has 92 valence electrons. The molecule has 2 rings (SSSR count). The molecule has 0 bridgehead atoms. The van der Waals surface area contributed by atoms with Crippen molar-refractivity contribution in [3.63, 3.8) is 0 Å². The summed E-state index contributed by atoms with van der Waals surface area (Å²) in [7, 11) is 0. The normalized spacial score (nSPS) is 11.6. The maximum Gasteiger partial charge on any atom is 0.201 e. The molecule has 0 aliphatic heterocycles. The van der Waals surface area contributed by atoms with Gasteiger partial charge in [0, 0.05) is 18.7 Å². The van der Waals surface area contributed by atoms with Gasteiger partial charge in [-0.3, -0.25) is 0 Å². The Labute approximate surface area is 98.2 Å². The van der Waals surface area contributed by atoms with Gasteiger partial charge in [0.15, 0.2) is 5.82 Å². The zero-order valence-corrected chi connectivity index (χ0v) is 9.87. The molecule has 1 aromatic carbocycles. The molecule has 0 spiro atoms. The Kier molecular flexibility index (Phi) is 3.00. The first-order valence-electron chi connectivity index (χ1n) is 5.59. The third-order valence-electron chi connectivity index (χ3n) is 2.73. The molecular weight excluding hydrogens is 224 g/mol. The quantitative estimate of drug-likeness (QED) is 0.894. The predicted octanol–water partition coefficient (Wildman–Crippen LogP) is 2.94. The lowest BCUT2D eigenvalue weighted by atomic mass is 10.1. The molecule has 0 aliphatic rings. The molecular formula is C12H15F2N3. The number of halogens is 2. The zero-order chi connectivity index (χ0) is 12.6. The first-order chi connectivity index (χ1) is 7.99.